The van der Waals surface area contributed by atoms with Crippen LogP contribution in [0.5, 0.6) is 11.5 Å². The van der Waals surface area contributed by atoms with Crippen molar-refractivity contribution in [3.8, 4) is 11.5 Å². The number of pyridine rings is 1. The van der Waals surface area contributed by atoms with Crippen LogP contribution in [0.4, 0.5) is 11.6 Å². The van der Waals surface area contributed by atoms with Gasteiger partial charge in [-0.2, -0.15) is 0 Å². The molecule has 2 heterocycles. The van der Waals surface area contributed by atoms with E-state index in [-0.39, 0.29) is 6.04 Å². The van der Waals surface area contributed by atoms with Crippen LogP contribution in [-0.2, 0) is 0 Å². The topological polar surface area (TPSA) is 95.2 Å². The molecule has 0 aliphatic carbocycles. The zero-order valence-electron chi connectivity index (χ0n) is 15.2. The quantitative estimate of drug-likeness (QED) is 0.670. The molecule has 0 fully saturated rings. The number of benzene rings is 1. The Morgan fingerprint density at radius 1 is 1.04 bits per heavy atom. The maximum absolute atomic E-state index is 5.73. The molecule has 3 aromatic rings. The first-order valence-corrected chi connectivity index (χ1v) is 8.65. The molecule has 0 bridgehead atoms. The van der Waals surface area contributed by atoms with E-state index in [1.807, 2.05) is 38.1 Å². The highest BCUT2D eigenvalue weighted by Crippen LogP contribution is 2.32. The minimum Gasteiger partial charge on any atom is -0.490 e. The zero-order chi connectivity index (χ0) is 18.5. The third-order valence-corrected chi connectivity index (χ3v) is 3.94. The second-order valence-corrected chi connectivity index (χ2v) is 5.77. The van der Waals surface area contributed by atoms with Crippen LogP contribution in [0, 0.1) is 0 Å². The molecule has 3 rings (SSSR count). The molecule has 0 saturated carbocycles. The molecule has 0 radical (unpaired) electrons. The van der Waals surface area contributed by atoms with Gasteiger partial charge in [0.15, 0.2) is 17.1 Å². The van der Waals surface area contributed by atoms with E-state index in [1.165, 1.54) is 6.33 Å². The highest BCUT2D eigenvalue weighted by molar-refractivity contribution is 5.87. The summed E-state index contributed by atoms with van der Waals surface area (Å²) in [5.41, 5.74) is 7.36. The maximum atomic E-state index is 5.73. The van der Waals surface area contributed by atoms with Crippen molar-refractivity contribution in [3.63, 3.8) is 0 Å². The van der Waals surface area contributed by atoms with Crippen LogP contribution < -0.4 is 20.5 Å². The van der Waals surface area contributed by atoms with E-state index in [0.29, 0.717) is 30.5 Å². The van der Waals surface area contributed by atoms with Gasteiger partial charge in [-0.1, -0.05) is 6.07 Å². The van der Waals surface area contributed by atoms with E-state index in [9.17, 15) is 0 Å². The molecule has 0 aliphatic heterocycles. The fourth-order valence-electron chi connectivity index (χ4n) is 2.70. The van der Waals surface area contributed by atoms with Crippen LogP contribution in [0.3, 0.4) is 0 Å². The highest BCUT2D eigenvalue weighted by Gasteiger charge is 2.13. The van der Waals surface area contributed by atoms with Gasteiger partial charge >= 0.3 is 0 Å². The first kappa shape index (κ1) is 17.7. The van der Waals surface area contributed by atoms with Gasteiger partial charge in [0, 0.05) is 0 Å². The number of fused-ring (bicyclic) bond motifs is 1. The summed E-state index contributed by atoms with van der Waals surface area (Å²) in [6.45, 7) is 7.14. The Morgan fingerprint density at radius 3 is 2.58 bits per heavy atom. The molecule has 1 unspecified atom stereocenters. The number of nitrogen functional groups attached to an aromatic ring is 1. The molecule has 1 atom stereocenters. The van der Waals surface area contributed by atoms with Crippen molar-refractivity contribution in [3.05, 3.63) is 42.2 Å². The van der Waals surface area contributed by atoms with E-state index in [4.69, 9.17) is 15.2 Å². The summed E-state index contributed by atoms with van der Waals surface area (Å²) >= 11 is 0. The third-order valence-electron chi connectivity index (χ3n) is 3.94. The largest absolute Gasteiger partial charge is 0.490 e. The van der Waals surface area contributed by atoms with Gasteiger partial charge in [0.1, 0.15) is 18.0 Å². The van der Waals surface area contributed by atoms with Crippen molar-refractivity contribution in [1.82, 2.24) is 15.0 Å². The average molecular weight is 353 g/mol. The third kappa shape index (κ3) is 3.77. The summed E-state index contributed by atoms with van der Waals surface area (Å²) in [7, 11) is 0. The molecule has 7 heteroatoms. The lowest BCUT2D eigenvalue weighted by Gasteiger charge is -2.18. The summed E-state index contributed by atoms with van der Waals surface area (Å²) in [6.07, 6.45) is 1.48. The Kier molecular flexibility index (Phi) is 5.36. The molecular weight excluding hydrogens is 330 g/mol. The Labute approximate surface area is 152 Å². The number of nitrogens with two attached hydrogens (primary N) is 1. The Bertz CT molecular complexity index is 900. The standard InChI is InChI=1S/C19H23N5O2/c1-4-25-15-8-6-13(10-16(15)26-5-2)12(3)23-18-14-7-9-17(20)24-19(14)22-11-21-18/h6-12H,4-5H2,1-3H3,(H3,20,21,22,23,24). The van der Waals surface area contributed by atoms with Crippen LogP contribution in [0.25, 0.3) is 11.0 Å². The summed E-state index contributed by atoms with van der Waals surface area (Å²) in [6, 6.07) is 9.56. The molecule has 2 aromatic heterocycles. The number of hydrogen-bond donors (Lipinski definition) is 2. The number of nitrogens with zero attached hydrogens (tertiary/aromatic N) is 3. The van der Waals surface area contributed by atoms with Gasteiger partial charge in [0.05, 0.1) is 24.6 Å². The fourth-order valence-corrected chi connectivity index (χ4v) is 2.70. The normalized spacial score (nSPS) is 12.0. The van der Waals surface area contributed by atoms with Crippen molar-refractivity contribution >= 4 is 22.7 Å². The predicted molar refractivity (Wildman–Crippen MR) is 103 cm³/mol. The van der Waals surface area contributed by atoms with E-state index in [2.05, 4.69) is 27.2 Å². The van der Waals surface area contributed by atoms with Crippen molar-refractivity contribution < 1.29 is 9.47 Å². The molecule has 26 heavy (non-hydrogen) atoms. The van der Waals surface area contributed by atoms with Crippen molar-refractivity contribution in [2.45, 2.75) is 26.8 Å². The van der Waals surface area contributed by atoms with Gasteiger partial charge in [-0.3, -0.25) is 0 Å². The Morgan fingerprint density at radius 2 is 1.81 bits per heavy atom. The number of ether oxygens (including phenoxy) is 2. The minimum atomic E-state index is 0.000496. The average Bonchev–Trinajstić information content (AvgIpc) is 2.63. The van der Waals surface area contributed by atoms with Gasteiger partial charge in [0.2, 0.25) is 0 Å². The van der Waals surface area contributed by atoms with Crippen LogP contribution >= 0.6 is 0 Å². The number of rotatable bonds is 7. The summed E-state index contributed by atoms with van der Waals surface area (Å²) < 4.78 is 11.3. The number of anilines is 2. The molecule has 1 aromatic carbocycles. The van der Waals surface area contributed by atoms with Gasteiger partial charge in [-0.25, -0.2) is 15.0 Å². The van der Waals surface area contributed by atoms with E-state index < -0.39 is 0 Å². The maximum Gasteiger partial charge on any atom is 0.166 e. The fraction of sp³-hybridized carbons (Fsp3) is 0.316. The van der Waals surface area contributed by atoms with E-state index in [0.717, 1.165) is 22.4 Å². The molecule has 136 valence electrons. The second kappa shape index (κ2) is 7.86. The van der Waals surface area contributed by atoms with E-state index >= 15 is 0 Å². The predicted octanol–water partition coefficient (Wildman–Crippen LogP) is 3.58. The molecule has 7 nitrogen and oxygen atoms in total. The van der Waals surface area contributed by atoms with Crippen LogP contribution in [0.1, 0.15) is 32.4 Å². The van der Waals surface area contributed by atoms with Crippen LogP contribution in [-0.4, -0.2) is 28.2 Å². The van der Waals surface area contributed by atoms with Gasteiger partial charge in [-0.15, -0.1) is 0 Å². The van der Waals surface area contributed by atoms with Crippen molar-refractivity contribution in [2.24, 2.45) is 0 Å². The first-order chi connectivity index (χ1) is 12.6. The number of hydrogen-bond acceptors (Lipinski definition) is 7. The van der Waals surface area contributed by atoms with Crippen LogP contribution in [0.2, 0.25) is 0 Å². The summed E-state index contributed by atoms with van der Waals surface area (Å²) in [4.78, 5) is 12.8. The van der Waals surface area contributed by atoms with Gasteiger partial charge in [-0.05, 0) is 50.6 Å². The van der Waals surface area contributed by atoms with Crippen molar-refractivity contribution in [1.29, 1.82) is 0 Å². The Hall–Kier alpha value is -3.09. The highest BCUT2D eigenvalue weighted by atomic mass is 16.5. The number of aromatic nitrogens is 3. The van der Waals surface area contributed by atoms with Crippen molar-refractivity contribution in [2.75, 3.05) is 24.3 Å². The lowest BCUT2D eigenvalue weighted by atomic mass is 10.1. The lowest BCUT2D eigenvalue weighted by Crippen LogP contribution is -2.10. The Balaban J connectivity index is 1.88. The molecular formula is C19H23N5O2. The smallest absolute Gasteiger partial charge is 0.166 e. The zero-order valence-corrected chi connectivity index (χ0v) is 15.2. The van der Waals surface area contributed by atoms with Gasteiger partial charge in [0.25, 0.3) is 0 Å². The molecule has 0 aliphatic rings. The van der Waals surface area contributed by atoms with Gasteiger partial charge < -0.3 is 20.5 Å². The van der Waals surface area contributed by atoms with Crippen LogP contribution in [0.15, 0.2) is 36.7 Å². The lowest BCUT2D eigenvalue weighted by molar-refractivity contribution is 0.287. The SMILES string of the molecule is CCOc1ccc(C(C)Nc2ncnc3nc(N)ccc23)cc1OCC. The number of nitrogens with one attached hydrogen (secondary N) is 1. The summed E-state index contributed by atoms with van der Waals surface area (Å²) in [5.74, 6) is 2.63. The minimum absolute atomic E-state index is 0.000496. The summed E-state index contributed by atoms with van der Waals surface area (Å²) in [5, 5.41) is 4.24. The molecule has 0 amide bonds. The second-order valence-electron chi connectivity index (χ2n) is 5.77. The first-order valence-electron chi connectivity index (χ1n) is 8.65. The monoisotopic (exact) mass is 353 g/mol. The molecule has 3 N–H and O–H groups in total. The molecule has 0 spiro atoms. The van der Waals surface area contributed by atoms with E-state index in [1.54, 1.807) is 6.07 Å². The molecule has 0 saturated heterocycles.